The molecule has 1 amide bonds. The quantitative estimate of drug-likeness (QED) is 0.301. The number of hydrogen-bond acceptors (Lipinski definition) is 6. The Labute approximate surface area is 214 Å². The van der Waals surface area contributed by atoms with Crippen molar-refractivity contribution in [3.63, 3.8) is 0 Å². The van der Waals surface area contributed by atoms with Crippen molar-refractivity contribution in [1.29, 1.82) is 0 Å². The number of carbonyl (C=O) groups excluding carboxylic acids is 2. The Morgan fingerprint density at radius 1 is 0.974 bits per heavy atom. The van der Waals surface area contributed by atoms with Crippen molar-refractivity contribution in [3.8, 4) is 11.5 Å². The van der Waals surface area contributed by atoms with Crippen LogP contribution in [0.1, 0.15) is 27.7 Å². The number of anilines is 1. The summed E-state index contributed by atoms with van der Waals surface area (Å²) >= 11 is 0. The lowest BCUT2D eigenvalue weighted by molar-refractivity contribution is -0.137. The van der Waals surface area contributed by atoms with Gasteiger partial charge in [-0.05, 0) is 48.0 Å². The van der Waals surface area contributed by atoms with Crippen LogP contribution in [0.15, 0.2) is 88.5 Å². The first-order valence-electron chi connectivity index (χ1n) is 11.3. The van der Waals surface area contributed by atoms with Gasteiger partial charge in [0.25, 0.3) is 5.91 Å². The van der Waals surface area contributed by atoms with E-state index in [-0.39, 0.29) is 17.0 Å². The molecule has 0 spiro atoms. The third-order valence-electron chi connectivity index (χ3n) is 6.29. The van der Waals surface area contributed by atoms with Crippen LogP contribution >= 0.6 is 0 Å². The van der Waals surface area contributed by atoms with Gasteiger partial charge in [0.1, 0.15) is 5.75 Å². The van der Waals surface area contributed by atoms with Gasteiger partial charge in [0.05, 0.1) is 31.4 Å². The van der Waals surface area contributed by atoms with Crippen molar-refractivity contribution in [2.75, 3.05) is 19.1 Å². The van der Waals surface area contributed by atoms with E-state index in [1.165, 1.54) is 26.4 Å². The van der Waals surface area contributed by atoms with Crippen LogP contribution in [0.3, 0.4) is 0 Å². The smallest absolute Gasteiger partial charge is 0.416 e. The monoisotopic (exact) mass is 523 g/mol. The molecule has 0 saturated carbocycles. The van der Waals surface area contributed by atoms with Crippen molar-refractivity contribution in [1.82, 2.24) is 0 Å². The van der Waals surface area contributed by atoms with Crippen LogP contribution in [0.2, 0.25) is 0 Å². The summed E-state index contributed by atoms with van der Waals surface area (Å²) < 4.78 is 56.6. The van der Waals surface area contributed by atoms with E-state index < -0.39 is 35.2 Å². The number of carbonyl (C=O) groups is 2. The molecule has 1 aromatic heterocycles. The minimum absolute atomic E-state index is 0.147. The van der Waals surface area contributed by atoms with Gasteiger partial charge in [0, 0.05) is 11.1 Å². The number of para-hydroxylation sites is 1. The van der Waals surface area contributed by atoms with E-state index in [4.69, 9.17) is 13.9 Å². The van der Waals surface area contributed by atoms with Gasteiger partial charge in [0.15, 0.2) is 22.9 Å². The maximum absolute atomic E-state index is 13.7. The summed E-state index contributed by atoms with van der Waals surface area (Å²) in [7, 11) is 2.90. The molecule has 0 saturated heterocycles. The number of fused-ring (bicyclic) bond motifs is 1. The number of amides is 1. The van der Waals surface area contributed by atoms with E-state index in [0.29, 0.717) is 28.0 Å². The van der Waals surface area contributed by atoms with Crippen LogP contribution in [-0.4, -0.2) is 31.0 Å². The molecule has 38 heavy (non-hydrogen) atoms. The summed E-state index contributed by atoms with van der Waals surface area (Å²) in [6.07, 6.45) is -4.67. The summed E-state index contributed by atoms with van der Waals surface area (Å²) in [6.45, 7) is 0. The highest BCUT2D eigenvalue weighted by molar-refractivity contribution is 6.20. The first-order chi connectivity index (χ1) is 18.1. The van der Waals surface area contributed by atoms with E-state index in [1.807, 2.05) is 0 Å². The number of methoxy groups -OCH3 is 2. The Kier molecular flexibility index (Phi) is 6.10. The summed E-state index contributed by atoms with van der Waals surface area (Å²) in [5.74, 6) is -2.04. The molecule has 1 N–H and O–H groups in total. The highest BCUT2D eigenvalue weighted by Gasteiger charge is 2.46. The molecule has 0 aliphatic carbocycles. The van der Waals surface area contributed by atoms with Gasteiger partial charge < -0.3 is 19.0 Å². The number of halogens is 3. The van der Waals surface area contributed by atoms with Gasteiger partial charge in [-0.2, -0.15) is 13.2 Å². The van der Waals surface area contributed by atoms with E-state index in [1.54, 1.807) is 42.5 Å². The van der Waals surface area contributed by atoms with E-state index in [2.05, 4.69) is 0 Å². The fraction of sp³-hybridized carbons (Fsp3) is 0.143. The molecule has 10 heteroatoms. The Hall–Kier alpha value is -4.73. The molecule has 1 unspecified atom stereocenters. The molecule has 1 aliphatic heterocycles. The highest BCUT2D eigenvalue weighted by Crippen LogP contribution is 2.44. The molecule has 7 nitrogen and oxygen atoms in total. The maximum atomic E-state index is 13.7. The van der Waals surface area contributed by atoms with Crippen LogP contribution in [0.4, 0.5) is 18.9 Å². The van der Waals surface area contributed by atoms with Crippen molar-refractivity contribution in [3.05, 3.63) is 101 Å². The van der Waals surface area contributed by atoms with Gasteiger partial charge in [-0.3, -0.25) is 14.5 Å². The summed E-state index contributed by atoms with van der Waals surface area (Å²) in [6, 6.07) is 15.6. The zero-order valence-electron chi connectivity index (χ0n) is 20.1. The predicted molar refractivity (Wildman–Crippen MR) is 131 cm³/mol. The molecular formula is C28H20F3NO6. The number of furan rings is 1. The number of aliphatic hydroxyl groups excluding tert-OH is 1. The lowest BCUT2D eigenvalue weighted by atomic mass is 9.94. The molecule has 0 bridgehead atoms. The first kappa shape index (κ1) is 24.9. The minimum Gasteiger partial charge on any atom is -0.503 e. The number of ether oxygens (including phenoxy) is 2. The summed E-state index contributed by atoms with van der Waals surface area (Å²) in [4.78, 5) is 28.0. The molecule has 4 aromatic rings. The topological polar surface area (TPSA) is 89.2 Å². The first-order valence-corrected chi connectivity index (χ1v) is 11.3. The Morgan fingerprint density at radius 3 is 2.34 bits per heavy atom. The normalized spacial score (nSPS) is 15.9. The molecule has 5 rings (SSSR count). The van der Waals surface area contributed by atoms with Crippen molar-refractivity contribution < 1.29 is 41.8 Å². The lowest BCUT2D eigenvalue weighted by Gasteiger charge is -2.27. The average Bonchev–Trinajstić information content (AvgIpc) is 3.47. The third-order valence-corrected chi connectivity index (χ3v) is 6.29. The number of aliphatic hydroxyl groups is 1. The zero-order chi connectivity index (χ0) is 27.2. The van der Waals surface area contributed by atoms with Gasteiger partial charge in [-0.15, -0.1) is 0 Å². The van der Waals surface area contributed by atoms with Gasteiger partial charge in [0.2, 0.25) is 5.78 Å². The number of ketones is 1. The second kappa shape index (κ2) is 9.29. The molecule has 0 fully saturated rings. The van der Waals surface area contributed by atoms with E-state index in [0.717, 1.165) is 23.1 Å². The molecule has 194 valence electrons. The van der Waals surface area contributed by atoms with Gasteiger partial charge in [-0.25, -0.2) is 0 Å². The largest absolute Gasteiger partial charge is 0.503 e. The van der Waals surface area contributed by atoms with Crippen LogP contribution in [-0.2, 0) is 11.0 Å². The fourth-order valence-electron chi connectivity index (χ4n) is 4.48. The predicted octanol–water partition coefficient (Wildman–Crippen LogP) is 6.25. The molecule has 0 radical (unpaired) electrons. The molecule has 3 aromatic carbocycles. The Balaban J connectivity index is 1.66. The number of rotatable bonds is 6. The molecule has 1 aliphatic rings. The lowest BCUT2D eigenvalue weighted by Crippen LogP contribution is -2.31. The average molecular weight is 523 g/mol. The Morgan fingerprint density at radius 2 is 1.68 bits per heavy atom. The van der Waals surface area contributed by atoms with Crippen molar-refractivity contribution in [2.24, 2.45) is 0 Å². The highest BCUT2D eigenvalue weighted by atomic mass is 19.4. The Bertz CT molecular complexity index is 1590. The number of alkyl halides is 3. The second-order valence-corrected chi connectivity index (χ2v) is 8.48. The summed E-state index contributed by atoms with van der Waals surface area (Å²) in [5.41, 5.74) is -0.821. The van der Waals surface area contributed by atoms with Gasteiger partial charge >= 0.3 is 6.18 Å². The van der Waals surface area contributed by atoms with E-state index >= 15 is 0 Å². The van der Waals surface area contributed by atoms with Gasteiger partial charge in [-0.1, -0.05) is 30.3 Å². The molecular weight excluding hydrogens is 503 g/mol. The number of benzene rings is 3. The summed E-state index contributed by atoms with van der Waals surface area (Å²) in [5, 5.41) is 11.5. The van der Waals surface area contributed by atoms with E-state index in [9.17, 15) is 27.9 Å². The zero-order valence-corrected chi connectivity index (χ0v) is 20.1. The fourth-order valence-corrected chi connectivity index (χ4v) is 4.48. The van der Waals surface area contributed by atoms with Crippen LogP contribution in [0.5, 0.6) is 11.5 Å². The second-order valence-electron chi connectivity index (χ2n) is 8.48. The standard InChI is InChI=1S/C28H20F3NO6/c1-36-19-11-9-15(10-12-19)23-22(24(33)21-13-16-5-3-8-20(37-2)26(16)38-21)25(34)27(35)32(23)18-7-4-6-17(14-18)28(29,30)31/h3-14,23,34H,1-2H3. The van der Waals surface area contributed by atoms with Crippen molar-refractivity contribution in [2.45, 2.75) is 12.2 Å². The molecule has 2 heterocycles. The number of Topliss-reactive ketones (excluding diaryl/α,β-unsaturated/α-hetero) is 1. The number of hydrogen-bond donors (Lipinski definition) is 1. The van der Waals surface area contributed by atoms with Crippen LogP contribution < -0.4 is 14.4 Å². The third kappa shape index (κ3) is 4.13. The molecule has 1 atom stereocenters. The maximum Gasteiger partial charge on any atom is 0.416 e. The van der Waals surface area contributed by atoms with Crippen LogP contribution in [0.25, 0.3) is 11.0 Å². The van der Waals surface area contributed by atoms with Crippen molar-refractivity contribution >= 4 is 28.3 Å². The SMILES string of the molecule is COc1ccc(C2C(C(=O)c3cc4cccc(OC)c4o3)=C(O)C(=O)N2c2cccc(C(F)(F)F)c2)cc1. The number of nitrogens with zero attached hydrogens (tertiary/aromatic N) is 1. The minimum atomic E-state index is -4.67. The van der Waals surface area contributed by atoms with Crippen LogP contribution in [0, 0.1) is 0 Å².